The maximum absolute atomic E-state index is 14.3. The summed E-state index contributed by atoms with van der Waals surface area (Å²) >= 11 is 0. The molecule has 0 spiro atoms. The van der Waals surface area contributed by atoms with Gasteiger partial charge in [0.05, 0.1) is 5.39 Å². The Kier molecular flexibility index (Phi) is 8.53. The van der Waals surface area contributed by atoms with Crippen LogP contribution in [0.2, 0.25) is 0 Å². The van der Waals surface area contributed by atoms with Gasteiger partial charge in [-0.2, -0.15) is 23.0 Å². The fourth-order valence-corrected chi connectivity index (χ4v) is 5.66. The summed E-state index contributed by atoms with van der Waals surface area (Å²) < 4.78 is 55.8. The number of carbonyl (C=O) groups excluding carboxylic acids is 1. The summed E-state index contributed by atoms with van der Waals surface area (Å²) in [6, 6.07) is 11.9. The Morgan fingerprint density at radius 3 is 2.67 bits per heavy atom. The van der Waals surface area contributed by atoms with E-state index in [0.717, 1.165) is 24.6 Å². The van der Waals surface area contributed by atoms with Gasteiger partial charge in [0, 0.05) is 31.4 Å². The highest BCUT2D eigenvalue weighted by atomic mass is 19.4. The molecule has 0 radical (unpaired) electrons. The van der Waals surface area contributed by atoms with Gasteiger partial charge in [0.25, 0.3) is 11.5 Å². The normalized spacial score (nSPS) is 20.5. The lowest BCUT2D eigenvalue weighted by Gasteiger charge is -2.37. The van der Waals surface area contributed by atoms with Gasteiger partial charge in [-0.05, 0) is 50.7 Å². The second-order valence-electron chi connectivity index (χ2n) is 11.2. The first-order valence-electron chi connectivity index (χ1n) is 14.8. The van der Waals surface area contributed by atoms with Crippen molar-refractivity contribution < 1.29 is 27.4 Å². The van der Waals surface area contributed by atoms with Crippen molar-refractivity contribution in [2.45, 2.75) is 70.1 Å². The van der Waals surface area contributed by atoms with Crippen molar-refractivity contribution in [2.75, 3.05) is 18.5 Å². The lowest BCUT2D eigenvalue weighted by molar-refractivity contribution is -0.137. The number of nitrogens with one attached hydrogen (secondary N) is 1. The molecular weight excluding hydrogens is 589 g/mol. The van der Waals surface area contributed by atoms with Crippen LogP contribution in [-0.4, -0.2) is 61.0 Å². The Bertz CT molecular complexity index is 1720. The van der Waals surface area contributed by atoms with Crippen molar-refractivity contribution in [3.63, 3.8) is 0 Å². The number of pyridine rings is 1. The summed E-state index contributed by atoms with van der Waals surface area (Å²) in [5.74, 6) is 0.0583. The average molecular weight is 621 g/mol. The van der Waals surface area contributed by atoms with E-state index < -0.39 is 29.8 Å². The number of alkyl halides is 3. The van der Waals surface area contributed by atoms with Gasteiger partial charge in [0.15, 0.2) is 6.23 Å². The van der Waals surface area contributed by atoms with Crippen molar-refractivity contribution in [3.8, 4) is 11.4 Å². The molecule has 1 amide bonds. The van der Waals surface area contributed by atoms with Gasteiger partial charge >= 0.3 is 12.3 Å². The molecule has 1 N–H and O–H groups in total. The number of carbonyl (C=O) groups is 1. The van der Waals surface area contributed by atoms with Crippen LogP contribution in [0.5, 0.6) is 0 Å². The van der Waals surface area contributed by atoms with E-state index in [4.69, 9.17) is 16.0 Å². The maximum atomic E-state index is 14.3. The van der Waals surface area contributed by atoms with Crippen molar-refractivity contribution >= 4 is 28.9 Å². The minimum Gasteiger partial charge on any atom is -0.445 e. The van der Waals surface area contributed by atoms with Crippen LogP contribution in [0.1, 0.15) is 56.4 Å². The van der Waals surface area contributed by atoms with E-state index in [2.05, 4.69) is 30.2 Å². The van der Waals surface area contributed by atoms with Crippen LogP contribution in [-0.2, 0) is 22.3 Å². The lowest BCUT2D eigenvalue weighted by Crippen LogP contribution is -2.50. The zero-order valence-electron chi connectivity index (χ0n) is 24.5. The van der Waals surface area contributed by atoms with Crippen molar-refractivity contribution in [3.05, 3.63) is 71.2 Å². The average Bonchev–Trinajstić information content (AvgIpc) is 3.43. The number of likely N-dealkylation sites (tertiary alicyclic amines) is 1. The van der Waals surface area contributed by atoms with Crippen molar-refractivity contribution in [1.29, 1.82) is 0 Å². The zero-order valence-corrected chi connectivity index (χ0v) is 24.5. The van der Waals surface area contributed by atoms with E-state index in [1.165, 1.54) is 16.8 Å². The number of hydrogen-bond donors (Lipinski definition) is 1. The summed E-state index contributed by atoms with van der Waals surface area (Å²) in [5, 5.41) is 7.99. The molecule has 2 fully saturated rings. The molecule has 0 bridgehead atoms. The molecule has 3 atom stereocenters. The number of amides is 1. The van der Waals surface area contributed by atoms with Crippen LogP contribution in [0.4, 0.5) is 29.7 Å². The standard InChI is InChI=1S/C31H31F3N8O3/c1-19-11-12-21(17-41(19)30(43)45-18-20-8-4-3-5-9-20)37-29-36-16-23(31(32,33)34)27(39-29)26-22-13-14-24(35-2)38-28(22)42(40-26)25-10-6-7-15-44-25/h3-5,8-9,13-14,16,19,21,25H,6-7,10-12,15,17-18H2,1H3,(H,36,37,39)/t19-,21-,25?/m0/s1. The quantitative estimate of drug-likeness (QED) is 0.236. The van der Waals surface area contributed by atoms with E-state index in [1.807, 2.05) is 37.3 Å². The molecule has 2 aliphatic heterocycles. The number of ether oxygens (including phenoxy) is 2. The summed E-state index contributed by atoms with van der Waals surface area (Å²) in [4.78, 5) is 30.6. The highest BCUT2D eigenvalue weighted by molar-refractivity contribution is 5.92. The second-order valence-corrected chi connectivity index (χ2v) is 11.2. The molecule has 0 saturated carbocycles. The third-order valence-corrected chi connectivity index (χ3v) is 8.06. The number of aromatic nitrogens is 5. The van der Waals surface area contributed by atoms with Gasteiger partial charge in [0.1, 0.15) is 23.6 Å². The molecular formula is C31H31F3N8O3. The fraction of sp³-hybridized carbons (Fsp3) is 0.419. The summed E-state index contributed by atoms with van der Waals surface area (Å²) in [6.45, 7) is 10.2. The van der Waals surface area contributed by atoms with Crippen LogP contribution in [0.3, 0.4) is 0 Å². The van der Waals surface area contributed by atoms with E-state index in [9.17, 15) is 18.0 Å². The minimum absolute atomic E-state index is 0.0301. The Hall–Kier alpha value is -4.77. The fourth-order valence-electron chi connectivity index (χ4n) is 5.66. The number of fused-ring (bicyclic) bond motifs is 1. The number of anilines is 1. The molecule has 4 aromatic rings. The number of piperidine rings is 1. The smallest absolute Gasteiger partial charge is 0.420 e. The SMILES string of the molecule is [C-]#[N+]c1ccc2c(-c3nc(N[C@H]4CC[C@H](C)N(C(=O)OCc5ccccc5)C4)ncc3C(F)(F)F)nn(C3CCCCO3)c2n1. The maximum Gasteiger partial charge on any atom is 0.420 e. The third-order valence-electron chi connectivity index (χ3n) is 8.06. The first-order chi connectivity index (χ1) is 21.7. The third kappa shape index (κ3) is 6.53. The van der Waals surface area contributed by atoms with Gasteiger partial charge in [0.2, 0.25) is 5.95 Å². The highest BCUT2D eigenvalue weighted by Gasteiger charge is 2.38. The van der Waals surface area contributed by atoms with E-state index >= 15 is 0 Å². The number of nitrogens with zero attached hydrogens (tertiary/aromatic N) is 7. The van der Waals surface area contributed by atoms with Crippen LogP contribution < -0.4 is 5.32 Å². The number of benzene rings is 1. The van der Waals surface area contributed by atoms with Gasteiger partial charge in [-0.15, -0.1) is 0 Å². The summed E-state index contributed by atoms with van der Waals surface area (Å²) in [6.07, 6.45) is -1.41. The first-order valence-corrected chi connectivity index (χ1v) is 14.8. The molecule has 1 unspecified atom stereocenters. The number of rotatable bonds is 6. The molecule has 11 nitrogen and oxygen atoms in total. The first kappa shape index (κ1) is 30.3. The molecule has 2 saturated heterocycles. The summed E-state index contributed by atoms with van der Waals surface area (Å²) in [7, 11) is 0. The molecule has 2 aliphatic rings. The minimum atomic E-state index is -4.77. The number of hydrogen-bond acceptors (Lipinski definition) is 8. The van der Waals surface area contributed by atoms with Crippen molar-refractivity contribution in [2.24, 2.45) is 0 Å². The van der Waals surface area contributed by atoms with Gasteiger partial charge in [-0.25, -0.2) is 14.8 Å². The van der Waals surface area contributed by atoms with Crippen molar-refractivity contribution in [1.82, 2.24) is 29.6 Å². The van der Waals surface area contributed by atoms with E-state index in [1.54, 1.807) is 4.90 Å². The summed E-state index contributed by atoms with van der Waals surface area (Å²) in [5.41, 5.74) is -0.398. The Morgan fingerprint density at radius 1 is 1.11 bits per heavy atom. The van der Waals surface area contributed by atoms with E-state index in [0.29, 0.717) is 31.3 Å². The molecule has 0 aliphatic carbocycles. The number of halogens is 3. The lowest BCUT2D eigenvalue weighted by atomic mass is 10.00. The molecule has 6 rings (SSSR count). The van der Waals surface area contributed by atoms with Crippen LogP contribution in [0.25, 0.3) is 27.3 Å². The zero-order chi connectivity index (χ0) is 31.6. The molecule has 234 valence electrons. The van der Waals surface area contributed by atoms with Crippen LogP contribution >= 0.6 is 0 Å². The van der Waals surface area contributed by atoms with Crippen LogP contribution in [0.15, 0.2) is 48.7 Å². The van der Waals surface area contributed by atoms with Crippen LogP contribution in [0, 0.1) is 6.57 Å². The second kappa shape index (κ2) is 12.7. The topological polar surface area (TPSA) is 112 Å². The highest BCUT2D eigenvalue weighted by Crippen LogP contribution is 2.39. The van der Waals surface area contributed by atoms with E-state index in [-0.39, 0.29) is 48.3 Å². The Labute approximate surface area is 257 Å². The molecule has 14 heteroatoms. The Balaban J connectivity index is 1.29. The molecule has 3 aromatic heterocycles. The Morgan fingerprint density at radius 2 is 1.93 bits per heavy atom. The van der Waals surface area contributed by atoms with Gasteiger partial charge in [-0.1, -0.05) is 48.0 Å². The van der Waals surface area contributed by atoms with Gasteiger partial charge in [-0.3, -0.25) is 0 Å². The molecule has 1 aromatic carbocycles. The molecule has 5 heterocycles. The largest absolute Gasteiger partial charge is 0.445 e. The predicted molar refractivity (Wildman–Crippen MR) is 158 cm³/mol. The predicted octanol–water partition coefficient (Wildman–Crippen LogP) is 6.76. The molecule has 45 heavy (non-hydrogen) atoms. The van der Waals surface area contributed by atoms with Gasteiger partial charge < -0.3 is 24.5 Å². The monoisotopic (exact) mass is 620 g/mol.